The van der Waals surface area contributed by atoms with E-state index < -0.39 is 0 Å². The molecular formula is C16H17Cl2N. The van der Waals surface area contributed by atoms with Gasteiger partial charge in [-0.05, 0) is 60.7 Å². The van der Waals surface area contributed by atoms with Gasteiger partial charge in [0.1, 0.15) is 0 Å². The first kappa shape index (κ1) is 14.4. The van der Waals surface area contributed by atoms with E-state index in [2.05, 4.69) is 6.07 Å². The average molecular weight is 294 g/mol. The summed E-state index contributed by atoms with van der Waals surface area (Å²) in [6.45, 7) is 4.04. The Bertz CT molecular complexity index is 576. The highest BCUT2D eigenvalue weighted by Crippen LogP contribution is 2.26. The lowest BCUT2D eigenvalue weighted by Crippen LogP contribution is -2.15. The zero-order chi connectivity index (χ0) is 14.0. The van der Waals surface area contributed by atoms with E-state index in [9.17, 15) is 0 Å². The van der Waals surface area contributed by atoms with Crippen LogP contribution in [0, 0.1) is 13.8 Å². The summed E-state index contributed by atoms with van der Waals surface area (Å²) < 4.78 is 0. The summed E-state index contributed by atoms with van der Waals surface area (Å²) in [5.41, 5.74) is 10.8. The van der Waals surface area contributed by atoms with Gasteiger partial charge in [-0.15, -0.1) is 0 Å². The number of hydrogen-bond acceptors (Lipinski definition) is 1. The minimum Gasteiger partial charge on any atom is -0.324 e. The SMILES string of the molecule is Cc1cc(C(N)Cc2ccc(Cl)cc2)c(C)cc1Cl. The topological polar surface area (TPSA) is 26.0 Å². The van der Waals surface area contributed by atoms with Crippen LogP contribution in [0.4, 0.5) is 0 Å². The van der Waals surface area contributed by atoms with Crippen LogP contribution in [0.15, 0.2) is 36.4 Å². The van der Waals surface area contributed by atoms with Crippen molar-refractivity contribution in [3.63, 3.8) is 0 Å². The van der Waals surface area contributed by atoms with Gasteiger partial charge < -0.3 is 5.73 Å². The fourth-order valence-electron chi connectivity index (χ4n) is 2.19. The molecule has 1 nitrogen and oxygen atoms in total. The van der Waals surface area contributed by atoms with Crippen LogP contribution in [-0.2, 0) is 6.42 Å². The Balaban J connectivity index is 2.22. The molecule has 19 heavy (non-hydrogen) atoms. The van der Waals surface area contributed by atoms with E-state index in [1.807, 2.05) is 44.2 Å². The molecule has 2 rings (SSSR count). The molecule has 0 saturated heterocycles. The van der Waals surface area contributed by atoms with E-state index >= 15 is 0 Å². The predicted molar refractivity (Wildman–Crippen MR) is 83.0 cm³/mol. The largest absolute Gasteiger partial charge is 0.324 e. The van der Waals surface area contributed by atoms with Gasteiger partial charge in [-0.3, -0.25) is 0 Å². The van der Waals surface area contributed by atoms with Crippen LogP contribution in [-0.4, -0.2) is 0 Å². The molecule has 1 atom stereocenters. The number of benzene rings is 2. The lowest BCUT2D eigenvalue weighted by Gasteiger charge is -2.16. The third-order valence-corrected chi connectivity index (χ3v) is 3.97. The second-order valence-corrected chi connectivity index (χ2v) is 5.74. The van der Waals surface area contributed by atoms with Crippen molar-refractivity contribution in [1.82, 2.24) is 0 Å². The summed E-state index contributed by atoms with van der Waals surface area (Å²) in [6, 6.07) is 11.8. The Kier molecular flexibility index (Phi) is 4.51. The lowest BCUT2D eigenvalue weighted by atomic mass is 9.94. The number of halogens is 2. The molecule has 0 aliphatic carbocycles. The van der Waals surface area contributed by atoms with Gasteiger partial charge in [0.2, 0.25) is 0 Å². The van der Waals surface area contributed by atoms with Gasteiger partial charge in [-0.25, -0.2) is 0 Å². The minimum absolute atomic E-state index is 0.0304. The normalized spacial score (nSPS) is 12.5. The van der Waals surface area contributed by atoms with Gasteiger partial charge >= 0.3 is 0 Å². The second kappa shape index (κ2) is 5.96. The fourth-order valence-corrected chi connectivity index (χ4v) is 2.53. The standard InChI is InChI=1S/C16H17Cl2N/c1-10-8-15(18)11(2)7-14(10)16(19)9-12-3-5-13(17)6-4-12/h3-8,16H,9,19H2,1-2H3. The van der Waals surface area contributed by atoms with Crippen LogP contribution in [0.25, 0.3) is 0 Å². The minimum atomic E-state index is -0.0304. The molecule has 0 aliphatic heterocycles. The van der Waals surface area contributed by atoms with Gasteiger partial charge in [0.25, 0.3) is 0 Å². The Hall–Kier alpha value is -1.02. The molecule has 3 heteroatoms. The summed E-state index contributed by atoms with van der Waals surface area (Å²) >= 11 is 12.0. The van der Waals surface area contributed by atoms with Crippen molar-refractivity contribution in [3.8, 4) is 0 Å². The molecule has 1 unspecified atom stereocenters. The second-order valence-electron chi connectivity index (χ2n) is 4.90. The summed E-state index contributed by atoms with van der Waals surface area (Å²) in [4.78, 5) is 0. The van der Waals surface area contributed by atoms with Gasteiger partial charge in [0.15, 0.2) is 0 Å². The third kappa shape index (κ3) is 3.50. The molecule has 0 heterocycles. The van der Waals surface area contributed by atoms with Crippen LogP contribution in [0.2, 0.25) is 10.0 Å². The van der Waals surface area contributed by atoms with Crippen molar-refractivity contribution in [2.75, 3.05) is 0 Å². The summed E-state index contributed by atoms with van der Waals surface area (Å²) in [5.74, 6) is 0. The Morgan fingerprint density at radius 2 is 1.63 bits per heavy atom. The van der Waals surface area contributed by atoms with E-state index in [0.29, 0.717) is 0 Å². The molecule has 0 saturated carbocycles. The molecule has 2 aromatic rings. The summed E-state index contributed by atoms with van der Waals surface area (Å²) in [7, 11) is 0. The summed E-state index contributed by atoms with van der Waals surface area (Å²) in [6.07, 6.45) is 0.791. The van der Waals surface area contributed by atoms with Crippen molar-refractivity contribution >= 4 is 23.2 Å². The lowest BCUT2D eigenvalue weighted by molar-refractivity contribution is 0.716. The molecule has 0 fully saturated rings. The number of nitrogens with two attached hydrogens (primary N) is 1. The van der Waals surface area contributed by atoms with Gasteiger partial charge in [0, 0.05) is 16.1 Å². The van der Waals surface area contributed by atoms with Crippen LogP contribution in [0.5, 0.6) is 0 Å². The molecule has 0 spiro atoms. The van der Waals surface area contributed by atoms with Crippen molar-refractivity contribution < 1.29 is 0 Å². The Morgan fingerprint density at radius 3 is 2.26 bits per heavy atom. The van der Waals surface area contributed by atoms with Gasteiger partial charge in [0.05, 0.1) is 0 Å². The fraction of sp³-hybridized carbons (Fsp3) is 0.250. The Labute approximate surface area is 124 Å². The van der Waals surface area contributed by atoms with E-state index in [4.69, 9.17) is 28.9 Å². The molecule has 100 valence electrons. The monoisotopic (exact) mass is 293 g/mol. The smallest absolute Gasteiger partial charge is 0.0438 e. The number of aryl methyl sites for hydroxylation is 2. The first-order chi connectivity index (χ1) is 8.97. The van der Waals surface area contributed by atoms with Crippen molar-refractivity contribution in [2.24, 2.45) is 5.73 Å². The number of rotatable bonds is 3. The van der Waals surface area contributed by atoms with Gasteiger partial charge in [-0.2, -0.15) is 0 Å². The zero-order valence-corrected chi connectivity index (χ0v) is 12.6. The summed E-state index contributed by atoms with van der Waals surface area (Å²) in [5, 5.41) is 1.54. The van der Waals surface area contributed by atoms with E-state index in [0.717, 1.165) is 33.2 Å². The van der Waals surface area contributed by atoms with Crippen LogP contribution in [0.1, 0.15) is 28.3 Å². The molecule has 2 N–H and O–H groups in total. The van der Waals surface area contributed by atoms with Crippen molar-refractivity contribution in [2.45, 2.75) is 26.3 Å². The molecule has 0 aliphatic rings. The van der Waals surface area contributed by atoms with Crippen LogP contribution < -0.4 is 5.73 Å². The van der Waals surface area contributed by atoms with E-state index in [1.165, 1.54) is 5.56 Å². The van der Waals surface area contributed by atoms with Crippen molar-refractivity contribution in [1.29, 1.82) is 0 Å². The first-order valence-electron chi connectivity index (χ1n) is 6.24. The van der Waals surface area contributed by atoms with E-state index in [-0.39, 0.29) is 6.04 Å². The molecule has 2 aromatic carbocycles. The van der Waals surface area contributed by atoms with Crippen molar-refractivity contribution in [3.05, 3.63) is 68.7 Å². The molecular weight excluding hydrogens is 277 g/mol. The number of hydrogen-bond donors (Lipinski definition) is 1. The molecule has 0 aromatic heterocycles. The highest BCUT2D eigenvalue weighted by Gasteiger charge is 2.11. The molecule has 0 bridgehead atoms. The third-order valence-electron chi connectivity index (χ3n) is 3.32. The molecule has 0 amide bonds. The molecule has 0 radical (unpaired) electrons. The average Bonchev–Trinajstić information content (AvgIpc) is 2.36. The van der Waals surface area contributed by atoms with E-state index in [1.54, 1.807) is 0 Å². The predicted octanol–water partition coefficient (Wildman–Crippen LogP) is 4.85. The van der Waals surface area contributed by atoms with Crippen LogP contribution >= 0.6 is 23.2 Å². The maximum atomic E-state index is 6.31. The maximum Gasteiger partial charge on any atom is 0.0438 e. The quantitative estimate of drug-likeness (QED) is 0.860. The zero-order valence-electron chi connectivity index (χ0n) is 11.1. The Morgan fingerprint density at radius 1 is 1.00 bits per heavy atom. The van der Waals surface area contributed by atoms with Crippen LogP contribution in [0.3, 0.4) is 0 Å². The first-order valence-corrected chi connectivity index (χ1v) is 6.99. The maximum absolute atomic E-state index is 6.31. The van der Waals surface area contributed by atoms with Gasteiger partial charge in [-0.1, -0.05) is 41.4 Å². The highest BCUT2D eigenvalue weighted by atomic mass is 35.5. The highest BCUT2D eigenvalue weighted by molar-refractivity contribution is 6.31.